The van der Waals surface area contributed by atoms with Crippen molar-refractivity contribution in [3.8, 4) is 0 Å². The van der Waals surface area contributed by atoms with Crippen LogP contribution in [0.5, 0.6) is 0 Å². The van der Waals surface area contributed by atoms with Crippen LogP contribution in [0.1, 0.15) is 50.5 Å². The molecule has 154 valence electrons. The van der Waals surface area contributed by atoms with Crippen molar-refractivity contribution in [2.24, 2.45) is 0 Å². The Kier molecular flexibility index (Phi) is 4.48. The molecule has 0 aliphatic carbocycles. The average molecular weight is 406 g/mol. The molecule has 2 aromatic carbocycles. The molecule has 0 fully saturated rings. The number of nitrogens with zero attached hydrogens (tertiary/aromatic N) is 2. The van der Waals surface area contributed by atoms with E-state index in [2.05, 4.69) is 129 Å². The van der Waals surface area contributed by atoms with E-state index in [1.165, 1.54) is 50.5 Å². The predicted molar refractivity (Wildman–Crippen MR) is 128 cm³/mol. The van der Waals surface area contributed by atoms with E-state index in [4.69, 9.17) is 0 Å². The van der Waals surface area contributed by atoms with E-state index >= 15 is 0 Å². The van der Waals surface area contributed by atoms with Crippen molar-refractivity contribution in [1.82, 2.24) is 4.57 Å². The standard InChI is InChI=1S/C29H29N2/c1-20-6-10-25(11-7-20)29(26-12-8-21(2)9-13-26)30-17-16-22(3)18-27(30)14-15-28-23(4)19-24(5)31(28)29/h6-19H,1-5H3/q+1. The number of hydrogen-bond donors (Lipinski definition) is 0. The van der Waals surface area contributed by atoms with Crippen LogP contribution in [0.3, 0.4) is 0 Å². The highest BCUT2D eigenvalue weighted by molar-refractivity contribution is 5.69. The van der Waals surface area contributed by atoms with Crippen molar-refractivity contribution in [1.29, 1.82) is 0 Å². The van der Waals surface area contributed by atoms with Gasteiger partial charge in [0.2, 0.25) is 5.69 Å². The summed E-state index contributed by atoms with van der Waals surface area (Å²) in [6, 6.07) is 24.8. The fraction of sp³-hybridized carbons (Fsp3) is 0.207. The molecular formula is C29H29N2+. The van der Waals surface area contributed by atoms with Crippen molar-refractivity contribution in [3.05, 3.63) is 123 Å². The molecule has 0 N–H and O–H groups in total. The Balaban J connectivity index is 2.01. The Morgan fingerprint density at radius 3 is 1.81 bits per heavy atom. The van der Waals surface area contributed by atoms with Gasteiger partial charge in [-0.3, -0.25) is 4.57 Å². The first kappa shape index (κ1) is 19.6. The van der Waals surface area contributed by atoms with E-state index in [0.717, 1.165) is 0 Å². The van der Waals surface area contributed by atoms with Gasteiger partial charge in [-0.25, -0.2) is 0 Å². The van der Waals surface area contributed by atoms with Gasteiger partial charge in [-0.1, -0.05) is 35.4 Å². The average Bonchev–Trinajstić information content (AvgIpc) is 2.94. The van der Waals surface area contributed by atoms with Crippen LogP contribution < -0.4 is 4.57 Å². The van der Waals surface area contributed by atoms with E-state index in [9.17, 15) is 0 Å². The molecule has 0 atom stereocenters. The first-order valence-electron chi connectivity index (χ1n) is 11.0. The summed E-state index contributed by atoms with van der Waals surface area (Å²) >= 11 is 0. The van der Waals surface area contributed by atoms with E-state index in [0.29, 0.717) is 0 Å². The second-order valence-corrected chi connectivity index (χ2v) is 8.93. The smallest absolute Gasteiger partial charge is 0.277 e. The van der Waals surface area contributed by atoms with Gasteiger partial charge in [-0.15, -0.1) is 0 Å². The third kappa shape index (κ3) is 2.90. The molecule has 0 saturated heterocycles. The fourth-order valence-electron chi connectivity index (χ4n) is 5.05. The number of rotatable bonds is 2. The lowest BCUT2D eigenvalue weighted by Gasteiger charge is -2.34. The van der Waals surface area contributed by atoms with Gasteiger partial charge < -0.3 is 0 Å². The van der Waals surface area contributed by atoms with Gasteiger partial charge in [0.15, 0.2) is 6.20 Å². The number of aryl methyl sites for hydroxylation is 5. The molecule has 0 spiro atoms. The van der Waals surface area contributed by atoms with Crippen LogP contribution in [-0.4, -0.2) is 4.57 Å². The minimum absolute atomic E-state index is 0.526. The van der Waals surface area contributed by atoms with Crippen LogP contribution in [0.15, 0.2) is 72.9 Å². The molecule has 0 unspecified atom stereocenters. The molecule has 1 aliphatic rings. The van der Waals surface area contributed by atoms with Gasteiger partial charge in [0, 0.05) is 23.9 Å². The Labute approximate surface area is 185 Å². The van der Waals surface area contributed by atoms with Crippen molar-refractivity contribution in [3.63, 3.8) is 0 Å². The first-order valence-corrected chi connectivity index (χ1v) is 11.0. The molecule has 1 aliphatic heterocycles. The fourth-order valence-corrected chi connectivity index (χ4v) is 5.05. The second kappa shape index (κ2) is 7.09. The number of pyridine rings is 1. The molecule has 0 saturated carbocycles. The van der Waals surface area contributed by atoms with Crippen LogP contribution >= 0.6 is 0 Å². The molecule has 0 amide bonds. The largest absolute Gasteiger partial charge is 0.300 e. The van der Waals surface area contributed by atoms with E-state index in [1.807, 2.05) is 0 Å². The summed E-state index contributed by atoms with van der Waals surface area (Å²) in [5.74, 6) is 0. The molecule has 0 bridgehead atoms. The van der Waals surface area contributed by atoms with E-state index in [-0.39, 0.29) is 0 Å². The number of benzene rings is 2. The lowest BCUT2D eigenvalue weighted by atomic mass is 9.88. The molecule has 2 aromatic heterocycles. The van der Waals surface area contributed by atoms with E-state index in [1.54, 1.807) is 0 Å². The molecular weight excluding hydrogens is 376 g/mol. The van der Waals surface area contributed by atoms with Crippen molar-refractivity contribution >= 4 is 12.2 Å². The summed E-state index contributed by atoms with van der Waals surface area (Å²) in [4.78, 5) is 0. The van der Waals surface area contributed by atoms with Gasteiger partial charge >= 0.3 is 5.66 Å². The second-order valence-electron chi connectivity index (χ2n) is 8.93. The zero-order chi connectivity index (χ0) is 21.8. The normalized spacial score (nSPS) is 14.1. The van der Waals surface area contributed by atoms with Crippen molar-refractivity contribution < 1.29 is 4.57 Å². The molecule has 3 heterocycles. The highest BCUT2D eigenvalue weighted by atomic mass is 15.3. The van der Waals surface area contributed by atoms with Gasteiger partial charge in [0.05, 0.1) is 16.8 Å². The number of hydrogen-bond acceptors (Lipinski definition) is 0. The van der Waals surface area contributed by atoms with E-state index < -0.39 is 5.66 Å². The molecule has 5 rings (SSSR count). The first-order chi connectivity index (χ1) is 14.9. The van der Waals surface area contributed by atoms with Gasteiger partial charge in [-0.2, -0.15) is 4.57 Å². The summed E-state index contributed by atoms with van der Waals surface area (Å²) < 4.78 is 4.95. The molecule has 2 heteroatoms. The van der Waals surface area contributed by atoms with Crippen LogP contribution in [0.4, 0.5) is 0 Å². The quantitative estimate of drug-likeness (QED) is 0.314. The minimum Gasteiger partial charge on any atom is -0.277 e. The predicted octanol–water partition coefficient (Wildman–Crippen LogP) is 6.10. The Hall–Kier alpha value is -3.39. The van der Waals surface area contributed by atoms with Gasteiger partial charge in [-0.05, 0) is 82.2 Å². The van der Waals surface area contributed by atoms with Crippen molar-refractivity contribution in [2.75, 3.05) is 0 Å². The van der Waals surface area contributed by atoms with Crippen LogP contribution in [0.2, 0.25) is 0 Å². The summed E-state index contributed by atoms with van der Waals surface area (Å²) in [5.41, 5.74) is 10.8. The monoisotopic (exact) mass is 405 g/mol. The summed E-state index contributed by atoms with van der Waals surface area (Å²) in [6.07, 6.45) is 6.78. The summed E-state index contributed by atoms with van der Waals surface area (Å²) in [5, 5.41) is 0. The summed E-state index contributed by atoms with van der Waals surface area (Å²) in [6.45, 7) is 10.9. The van der Waals surface area contributed by atoms with Gasteiger partial charge in [0.1, 0.15) is 0 Å². The Morgan fingerprint density at radius 2 is 1.23 bits per heavy atom. The topological polar surface area (TPSA) is 8.81 Å². The van der Waals surface area contributed by atoms with Crippen LogP contribution in [0, 0.1) is 34.6 Å². The third-order valence-electron chi connectivity index (χ3n) is 6.56. The molecule has 2 nitrogen and oxygen atoms in total. The lowest BCUT2D eigenvalue weighted by Crippen LogP contribution is -2.63. The Morgan fingerprint density at radius 1 is 0.645 bits per heavy atom. The van der Waals surface area contributed by atoms with Crippen LogP contribution in [-0.2, 0) is 5.66 Å². The molecule has 31 heavy (non-hydrogen) atoms. The zero-order valence-corrected chi connectivity index (χ0v) is 19.0. The Bertz CT molecular complexity index is 1260. The highest BCUT2D eigenvalue weighted by Gasteiger charge is 2.50. The SMILES string of the molecule is Cc1ccc(C2(c3ccc(C)cc3)n3c(C)cc(C)c3C=Cc3cc(C)cc[n+]32)cc1. The van der Waals surface area contributed by atoms with Crippen LogP contribution in [0.25, 0.3) is 12.2 Å². The number of fused-ring (bicyclic) bond motifs is 2. The molecule has 4 aromatic rings. The summed E-state index contributed by atoms with van der Waals surface area (Å²) in [7, 11) is 0. The van der Waals surface area contributed by atoms with Gasteiger partial charge in [0.25, 0.3) is 0 Å². The minimum atomic E-state index is -0.526. The maximum atomic E-state index is 2.51. The highest BCUT2D eigenvalue weighted by Crippen LogP contribution is 2.38. The maximum Gasteiger partial charge on any atom is 0.300 e. The number of aromatic nitrogens is 2. The third-order valence-corrected chi connectivity index (χ3v) is 6.56. The molecule has 0 radical (unpaired) electrons. The van der Waals surface area contributed by atoms with Crippen molar-refractivity contribution in [2.45, 2.75) is 40.3 Å². The zero-order valence-electron chi connectivity index (χ0n) is 19.0. The maximum absolute atomic E-state index is 2.51. The lowest BCUT2D eigenvalue weighted by molar-refractivity contribution is -0.751.